The average Bonchev–Trinajstić information content (AvgIpc) is 2.78. The normalized spacial score (nSPS) is 20.2. The quantitative estimate of drug-likeness (QED) is 0.476. The highest BCUT2D eigenvalue weighted by Gasteiger charge is 2.29. The molecule has 0 saturated heterocycles. The summed E-state index contributed by atoms with van der Waals surface area (Å²) in [5.74, 6) is 6.32. The number of hydrogen-bond acceptors (Lipinski definition) is 4. The first-order chi connectivity index (χ1) is 6.03. The van der Waals surface area contributed by atoms with Gasteiger partial charge in [0, 0.05) is 18.1 Å². The lowest BCUT2D eigenvalue weighted by atomic mass is 10.1. The van der Waals surface area contributed by atoms with E-state index in [1.165, 1.54) is 19.1 Å². The van der Waals surface area contributed by atoms with Crippen molar-refractivity contribution in [3.05, 3.63) is 0 Å². The summed E-state index contributed by atoms with van der Waals surface area (Å²) in [6, 6.07) is 0.321. The molecule has 1 atom stereocenters. The Morgan fingerprint density at radius 2 is 2.15 bits per heavy atom. The Morgan fingerprint density at radius 3 is 2.54 bits per heavy atom. The molecule has 5 heteroatoms. The molecule has 3 N–H and O–H groups in total. The van der Waals surface area contributed by atoms with Crippen molar-refractivity contribution in [3.8, 4) is 0 Å². The average molecular weight is 206 g/mol. The number of hydrogen-bond donors (Lipinski definition) is 2. The monoisotopic (exact) mass is 206 g/mol. The maximum atomic E-state index is 10.8. The largest absolute Gasteiger partial charge is 0.271 e. The predicted octanol–water partition coefficient (Wildman–Crippen LogP) is 0.0531. The lowest BCUT2D eigenvalue weighted by Crippen LogP contribution is -2.37. The Hall–Kier alpha value is -0.130. The van der Waals surface area contributed by atoms with Crippen molar-refractivity contribution in [3.63, 3.8) is 0 Å². The van der Waals surface area contributed by atoms with Gasteiger partial charge in [0.15, 0.2) is 0 Å². The van der Waals surface area contributed by atoms with Gasteiger partial charge in [0.1, 0.15) is 9.84 Å². The van der Waals surface area contributed by atoms with E-state index >= 15 is 0 Å². The van der Waals surface area contributed by atoms with Crippen LogP contribution in [-0.2, 0) is 9.84 Å². The van der Waals surface area contributed by atoms with Crippen molar-refractivity contribution in [2.45, 2.75) is 31.7 Å². The van der Waals surface area contributed by atoms with Crippen LogP contribution in [0.15, 0.2) is 0 Å². The zero-order valence-electron chi connectivity index (χ0n) is 7.99. The van der Waals surface area contributed by atoms with Gasteiger partial charge in [-0.05, 0) is 31.6 Å². The van der Waals surface area contributed by atoms with Crippen LogP contribution in [0.4, 0.5) is 0 Å². The second-order valence-corrected chi connectivity index (χ2v) is 6.14. The number of nitrogens with two attached hydrogens (primary N) is 1. The topological polar surface area (TPSA) is 72.2 Å². The Balaban J connectivity index is 2.16. The first-order valence-electron chi connectivity index (χ1n) is 4.67. The van der Waals surface area contributed by atoms with Gasteiger partial charge in [0.2, 0.25) is 0 Å². The van der Waals surface area contributed by atoms with E-state index in [0.29, 0.717) is 18.4 Å². The maximum absolute atomic E-state index is 10.8. The van der Waals surface area contributed by atoms with Crippen LogP contribution < -0.4 is 11.3 Å². The molecule has 0 amide bonds. The zero-order valence-corrected chi connectivity index (χ0v) is 8.81. The van der Waals surface area contributed by atoms with Crippen LogP contribution in [0.3, 0.4) is 0 Å². The van der Waals surface area contributed by atoms with E-state index in [-0.39, 0.29) is 5.75 Å². The Kier molecular flexibility index (Phi) is 3.70. The molecule has 1 saturated carbocycles. The molecule has 1 rings (SSSR count). The lowest BCUT2D eigenvalue weighted by molar-refractivity contribution is 0.441. The summed E-state index contributed by atoms with van der Waals surface area (Å²) in [7, 11) is -2.80. The third kappa shape index (κ3) is 4.59. The van der Waals surface area contributed by atoms with Crippen molar-refractivity contribution < 1.29 is 8.42 Å². The van der Waals surface area contributed by atoms with Crippen LogP contribution in [0.1, 0.15) is 25.7 Å². The summed E-state index contributed by atoms with van der Waals surface area (Å²) < 4.78 is 21.7. The summed E-state index contributed by atoms with van der Waals surface area (Å²) >= 11 is 0. The van der Waals surface area contributed by atoms with Crippen LogP contribution in [0, 0.1) is 5.92 Å². The van der Waals surface area contributed by atoms with E-state index < -0.39 is 9.84 Å². The highest BCUT2D eigenvalue weighted by atomic mass is 32.2. The predicted molar refractivity (Wildman–Crippen MR) is 52.8 cm³/mol. The van der Waals surface area contributed by atoms with Gasteiger partial charge >= 0.3 is 0 Å². The van der Waals surface area contributed by atoms with Gasteiger partial charge in [-0.1, -0.05) is 0 Å². The molecule has 0 heterocycles. The molecular weight excluding hydrogens is 188 g/mol. The minimum absolute atomic E-state index is 0.276. The zero-order chi connectivity index (χ0) is 9.90. The lowest BCUT2D eigenvalue weighted by Gasteiger charge is -2.13. The highest BCUT2D eigenvalue weighted by Crippen LogP contribution is 2.34. The Morgan fingerprint density at radius 1 is 1.54 bits per heavy atom. The van der Waals surface area contributed by atoms with E-state index in [0.717, 1.165) is 6.42 Å². The summed E-state index contributed by atoms with van der Waals surface area (Å²) in [6.45, 7) is 0. The van der Waals surface area contributed by atoms with E-state index in [2.05, 4.69) is 5.43 Å². The molecule has 0 aromatic rings. The fourth-order valence-electron chi connectivity index (χ4n) is 1.52. The van der Waals surface area contributed by atoms with E-state index in [1.54, 1.807) is 0 Å². The first kappa shape index (κ1) is 10.9. The molecule has 78 valence electrons. The second kappa shape index (κ2) is 4.39. The van der Waals surface area contributed by atoms with Gasteiger partial charge in [0.25, 0.3) is 0 Å². The minimum Gasteiger partial charge on any atom is -0.271 e. The van der Waals surface area contributed by atoms with Gasteiger partial charge < -0.3 is 0 Å². The summed E-state index contributed by atoms with van der Waals surface area (Å²) in [5.41, 5.74) is 2.76. The Labute approximate surface area is 79.8 Å². The van der Waals surface area contributed by atoms with Crippen LogP contribution in [0.5, 0.6) is 0 Å². The fourth-order valence-corrected chi connectivity index (χ4v) is 2.21. The molecule has 4 nitrogen and oxygen atoms in total. The molecule has 13 heavy (non-hydrogen) atoms. The van der Waals surface area contributed by atoms with Gasteiger partial charge in [-0.25, -0.2) is 8.42 Å². The molecular formula is C8H18N2O2S. The third-order valence-electron chi connectivity index (χ3n) is 2.44. The summed E-state index contributed by atoms with van der Waals surface area (Å²) in [6.07, 6.45) is 5.31. The van der Waals surface area contributed by atoms with E-state index in [4.69, 9.17) is 5.84 Å². The smallest absolute Gasteiger partial charge is 0.147 e. The van der Waals surface area contributed by atoms with E-state index in [1.807, 2.05) is 0 Å². The SMILES string of the molecule is CS(=O)(=O)CCCC(NN)C1CC1. The molecule has 1 fully saturated rings. The van der Waals surface area contributed by atoms with Gasteiger partial charge in [0.05, 0.1) is 0 Å². The molecule has 0 aromatic heterocycles. The molecule has 1 aliphatic carbocycles. The third-order valence-corrected chi connectivity index (χ3v) is 3.47. The summed E-state index contributed by atoms with van der Waals surface area (Å²) in [5, 5.41) is 0. The van der Waals surface area contributed by atoms with Gasteiger partial charge in [-0.2, -0.15) is 0 Å². The minimum atomic E-state index is -2.80. The van der Waals surface area contributed by atoms with Crippen molar-refractivity contribution in [2.75, 3.05) is 12.0 Å². The van der Waals surface area contributed by atoms with Gasteiger partial charge in [-0.15, -0.1) is 0 Å². The molecule has 0 bridgehead atoms. The van der Waals surface area contributed by atoms with Crippen LogP contribution in [0.2, 0.25) is 0 Å². The number of sulfone groups is 1. The first-order valence-corrected chi connectivity index (χ1v) is 6.73. The molecule has 1 aliphatic rings. The standard InChI is InChI=1S/C8H18N2O2S/c1-13(11,12)6-2-3-8(10-9)7-4-5-7/h7-8,10H,2-6,9H2,1H3. The highest BCUT2D eigenvalue weighted by molar-refractivity contribution is 7.90. The second-order valence-electron chi connectivity index (χ2n) is 3.88. The van der Waals surface area contributed by atoms with Crippen LogP contribution in [0.25, 0.3) is 0 Å². The number of hydrazine groups is 1. The molecule has 0 aliphatic heterocycles. The van der Waals surface area contributed by atoms with Crippen molar-refractivity contribution in [1.82, 2.24) is 5.43 Å². The van der Waals surface area contributed by atoms with Crippen molar-refractivity contribution in [1.29, 1.82) is 0 Å². The molecule has 0 radical (unpaired) electrons. The summed E-state index contributed by atoms with van der Waals surface area (Å²) in [4.78, 5) is 0. The molecule has 0 aromatic carbocycles. The van der Waals surface area contributed by atoms with Crippen LogP contribution >= 0.6 is 0 Å². The maximum Gasteiger partial charge on any atom is 0.147 e. The fraction of sp³-hybridized carbons (Fsp3) is 1.00. The van der Waals surface area contributed by atoms with E-state index in [9.17, 15) is 8.42 Å². The van der Waals surface area contributed by atoms with Crippen molar-refractivity contribution >= 4 is 9.84 Å². The molecule has 0 spiro atoms. The Bertz CT molecular complexity index is 247. The van der Waals surface area contributed by atoms with Crippen LogP contribution in [-0.4, -0.2) is 26.5 Å². The number of nitrogens with one attached hydrogen (secondary N) is 1. The van der Waals surface area contributed by atoms with Gasteiger partial charge in [-0.3, -0.25) is 11.3 Å². The number of rotatable bonds is 6. The molecule has 1 unspecified atom stereocenters. The van der Waals surface area contributed by atoms with Crippen molar-refractivity contribution in [2.24, 2.45) is 11.8 Å².